The van der Waals surface area contributed by atoms with Crippen molar-refractivity contribution >= 4 is 23.0 Å². The van der Waals surface area contributed by atoms with Crippen LogP contribution in [0.25, 0.3) is 0 Å². The molecule has 0 bridgehead atoms. The molecule has 1 aliphatic heterocycles. The van der Waals surface area contributed by atoms with Crippen LogP contribution in [0.3, 0.4) is 0 Å². The van der Waals surface area contributed by atoms with Gasteiger partial charge in [0, 0.05) is 12.0 Å². The third kappa shape index (κ3) is 3.55. The van der Waals surface area contributed by atoms with Crippen molar-refractivity contribution in [3.63, 3.8) is 0 Å². The summed E-state index contributed by atoms with van der Waals surface area (Å²) in [5.41, 5.74) is 8.61. The Balaban J connectivity index is 2.05. The molecular weight excluding hydrogens is 378 g/mol. The van der Waals surface area contributed by atoms with E-state index in [1.165, 1.54) is 0 Å². The molecule has 0 spiro atoms. The third-order valence-electron chi connectivity index (χ3n) is 4.63. The van der Waals surface area contributed by atoms with Crippen LogP contribution in [0.15, 0.2) is 41.5 Å². The number of methoxy groups -OCH3 is 4. The molecule has 0 aromatic heterocycles. The van der Waals surface area contributed by atoms with Crippen molar-refractivity contribution in [1.82, 2.24) is 5.01 Å². The van der Waals surface area contributed by atoms with E-state index in [-0.39, 0.29) is 11.2 Å². The Morgan fingerprint density at radius 1 is 1.00 bits per heavy atom. The number of nitrogens with two attached hydrogens (primary N) is 1. The predicted molar refractivity (Wildman–Crippen MR) is 112 cm³/mol. The molecule has 2 aromatic carbocycles. The van der Waals surface area contributed by atoms with Crippen LogP contribution in [0.4, 0.5) is 0 Å². The van der Waals surface area contributed by atoms with E-state index >= 15 is 0 Å². The lowest BCUT2D eigenvalue weighted by atomic mass is 9.97. The van der Waals surface area contributed by atoms with Crippen molar-refractivity contribution < 1.29 is 18.9 Å². The van der Waals surface area contributed by atoms with Gasteiger partial charge in [0.05, 0.1) is 40.2 Å². The molecule has 0 saturated heterocycles. The number of thiocarbonyl (C=S) groups is 1. The van der Waals surface area contributed by atoms with E-state index in [1.54, 1.807) is 33.4 Å². The average molecular weight is 401 g/mol. The molecule has 0 amide bonds. The molecule has 0 aliphatic carbocycles. The second-order valence-corrected chi connectivity index (χ2v) is 6.53. The van der Waals surface area contributed by atoms with Gasteiger partial charge in [0.25, 0.3) is 0 Å². The fourth-order valence-electron chi connectivity index (χ4n) is 3.31. The number of ether oxygens (including phenoxy) is 4. The largest absolute Gasteiger partial charge is 0.496 e. The van der Waals surface area contributed by atoms with E-state index < -0.39 is 0 Å². The van der Waals surface area contributed by atoms with Gasteiger partial charge in [0.15, 0.2) is 16.6 Å². The van der Waals surface area contributed by atoms with Crippen molar-refractivity contribution in [2.45, 2.75) is 12.5 Å². The van der Waals surface area contributed by atoms with Crippen LogP contribution in [0.5, 0.6) is 23.0 Å². The summed E-state index contributed by atoms with van der Waals surface area (Å²) >= 11 is 5.25. The zero-order valence-corrected chi connectivity index (χ0v) is 17.1. The second kappa shape index (κ2) is 8.35. The Kier molecular flexibility index (Phi) is 5.89. The lowest BCUT2D eigenvalue weighted by molar-refractivity contribution is 0.319. The number of hydrogen-bond donors (Lipinski definition) is 1. The summed E-state index contributed by atoms with van der Waals surface area (Å²) < 4.78 is 21.8. The molecule has 3 rings (SSSR count). The first-order valence-electron chi connectivity index (χ1n) is 8.63. The van der Waals surface area contributed by atoms with Crippen LogP contribution in [0.1, 0.15) is 23.6 Å². The highest BCUT2D eigenvalue weighted by atomic mass is 32.1. The van der Waals surface area contributed by atoms with Gasteiger partial charge in [-0.25, -0.2) is 5.01 Å². The maximum Gasteiger partial charge on any atom is 0.203 e. The van der Waals surface area contributed by atoms with Crippen molar-refractivity contribution in [3.8, 4) is 23.0 Å². The van der Waals surface area contributed by atoms with Gasteiger partial charge < -0.3 is 24.7 Å². The van der Waals surface area contributed by atoms with Gasteiger partial charge in [-0.05, 0) is 42.0 Å². The highest BCUT2D eigenvalue weighted by Crippen LogP contribution is 2.43. The summed E-state index contributed by atoms with van der Waals surface area (Å²) in [5.74, 6) is 2.39. The molecule has 0 radical (unpaired) electrons. The fourth-order valence-corrected chi connectivity index (χ4v) is 3.48. The van der Waals surface area contributed by atoms with Crippen molar-refractivity contribution in [2.24, 2.45) is 10.8 Å². The molecule has 2 aromatic rings. The van der Waals surface area contributed by atoms with Crippen LogP contribution in [-0.2, 0) is 0 Å². The van der Waals surface area contributed by atoms with Crippen LogP contribution in [0, 0.1) is 0 Å². The summed E-state index contributed by atoms with van der Waals surface area (Å²) in [6, 6.07) is 11.3. The van der Waals surface area contributed by atoms with Crippen LogP contribution >= 0.6 is 12.2 Å². The molecular formula is C20H23N3O4S. The van der Waals surface area contributed by atoms with Gasteiger partial charge in [0.1, 0.15) is 5.75 Å². The third-order valence-corrected chi connectivity index (χ3v) is 4.81. The summed E-state index contributed by atoms with van der Waals surface area (Å²) in [6.07, 6.45) is 0.594. The number of rotatable bonds is 6. The summed E-state index contributed by atoms with van der Waals surface area (Å²) in [6.45, 7) is 0. The molecule has 0 unspecified atom stereocenters. The average Bonchev–Trinajstić information content (AvgIpc) is 3.18. The van der Waals surface area contributed by atoms with Crippen LogP contribution in [0.2, 0.25) is 0 Å². The summed E-state index contributed by atoms with van der Waals surface area (Å²) in [5, 5.41) is 6.49. The van der Waals surface area contributed by atoms with Gasteiger partial charge in [-0.3, -0.25) is 0 Å². The minimum absolute atomic E-state index is 0.184. The molecule has 8 heteroatoms. The number of hydrazone groups is 1. The molecule has 1 heterocycles. The van der Waals surface area contributed by atoms with Gasteiger partial charge in [-0.1, -0.05) is 12.1 Å². The topological polar surface area (TPSA) is 78.5 Å². The fraction of sp³-hybridized carbons (Fsp3) is 0.300. The normalized spacial score (nSPS) is 15.8. The highest BCUT2D eigenvalue weighted by molar-refractivity contribution is 7.80. The molecule has 2 N–H and O–H groups in total. The van der Waals surface area contributed by atoms with E-state index in [1.807, 2.05) is 36.4 Å². The van der Waals surface area contributed by atoms with Gasteiger partial charge in [-0.15, -0.1) is 0 Å². The predicted octanol–water partition coefficient (Wildman–Crippen LogP) is 3.12. The second-order valence-electron chi connectivity index (χ2n) is 6.11. The first-order chi connectivity index (χ1) is 13.5. The van der Waals surface area contributed by atoms with Crippen molar-refractivity contribution in [3.05, 3.63) is 47.5 Å². The minimum atomic E-state index is -0.203. The lowest BCUT2D eigenvalue weighted by Crippen LogP contribution is -2.31. The van der Waals surface area contributed by atoms with Crippen molar-refractivity contribution in [1.29, 1.82) is 0 Å². The maximum atomic E-state index is 5.97. The minimum Gasteiger partial charge on any atom is -0.496 e. The highest BCUT2D eigenvalue weighted by Gasteiger charge is 2.33. The lowest BCUT2D eigenvalue weighted by Gasteiger charge is -2.23. The number of para-hydroxylation sites is 1. The van der Waals surface area contributed by atoms with E-state index in [4.69, 9.17) is 36.9 Å². The summed E-state index contributed by atoms with van der Waals surface area (Å²) in [7, 11) is 6.37. The van der Waals surface area contributed by atoms with Crippen molar-refractivity contribution in [2.75, 3.05) is 28.4 Å². The van der Waals surface area contributed by atoms with E-state index in [9.17, 15) is 0 Å². The Hall–Kier alpha value is -3.00. The first-order valence-corrected chi connectivity index (χ1v) is 9.04. The molecule has 28 heavy (non-hydrogen) atoms. The molecule has 1 aliphatic rings. The number of benzene rings is 2. The Labute approximate surface area is 169 Å². The number of nitrogens with zero attached hydrogens (tertiary/aromatic N) is 2. The molecule has 1 atom stereocenters. The zero-order valence-electron chi connectivity index (χ0n) is 16.3. The standard InChI is InChI=1S/C20H23N3O4S/c1-24-16-8-6-5-7-13(16)14-11-15(23(22-14)20(21)28)12-9-17(25-2)19(27-4)18(10-12)26-3/h5-10,15H,11H2,1-4H3,(H2,21,28)/t15-/m1/s1. The van der Waals surface area contributed by atoms with Crippen LogP contribution in [-0.4, -0.2) is 44.3 Å². The molecule has 0 fully saturated rings. The quantitative estimate of drug-likeness (QED) is 0.745. The Morgan fingerprint density at radius 2 is 1.61 bits per heavy atom. The van der Waals surface area contributed by atoms with Gasteiger partial charge in [-0.2, -0.15) is 5.10 Å². The first kappa shape index (κ1) is 19.8. The zero-order chi connectivity index (χ0) is 20.3. The summed E-state index contributed by atoms with van der Waals surface area (Å²) in [4.78, 5) is 0. The molecule has 7 nitrogen and oxygen atoms in total. The molecule has 0 saturated carbocycles. The smallest absolute Gasteiger partial charge is 0.203 e. The van der Waals surface area contributed by atoms with E-state index in [0.29, 0.717) is 23.7 Å². The monoisotopic (exact) mass is 401 g/mol. The van der Waals surface area contributed by atoms with Gasteiger partial charge >= 0.3 is 0 Å². The maximum absolute atomic E-state index is 5.97. The van der Waals surface area contributed by atoms with Gasteiger partial charge in [0.2, 0.25) is 5.75 Å². The molecule has 148 valence electrons. The van der Waals surface area contributed by atoms with Crippen LogP contribution < -0.4 is 24.7 Å². The SMILES string of the molecule is COc1ccccc1C1=NN(C(N)=S)[C@@H](c2cc(OC)c(OC)c(OC)c2)C1. The van der Waals surface area contributed by atoms with E-state index in [0.717, 1.165) is 22.6 Å². The Bertz CT molecular complexity index is 891. The number of hydrogen-bond acceptors (Lipinski definition) is 6. The Morgan fingerprint density at radius 3 is 2.14 bits per heavy atom. The van der Waals surface area contributed by atoms with E-state index in [2.05, 4.69) is 5.10 Å².